The highest BCUT2D eigenvalue weighted by atomic mass is 16.5. The van der Waals surface area contributed by atoms with Crippen molar-refractivity contribution in [3.8, 4) is 5.75 Å². The van der Waals surface area contributed by atoms with Crippen LogP contribution in [0.15, 0.2) is 48.5 Å². The highest BCUT2D eigenvalue weighted by Crippen LogP contribution is 2.24. The van der Waals surface area contributed by atoms with Gasteiger partial charge in [0.1, 0.15) is 5.75 Å². The van der Waals surface area contributed by atoms with Crippen LogP contribution in [0.3, 0.4) is 0 Å². The normalized spacial score (nSPS) is 14.0. The van der Waals surface area contributed by atoms with E-state index in [1.165, 1.54) is 4.90 Å². The second-order valence-corrected chi connectivity index (χ2v) is 7.06. The van der Waals surface area contributed by atoms with Crippen LogP contribution in [0.2, 0.25) is 0 Å². The van der Waals surface area contributed by atoms with Crippen LogP contribution in [0.5, 0.6) is 5.75 Å². The van der Waals surface area contributed by atoms with E-state index in [1.54, 1.807) is 48.5 Å². The van der Waals surface area contributed by atoms with Gasteiger partial charge in [-0.1, -0.05) is 19.8 Å². The van der Waals surface area contributed by atoms with Gasteiger partial charge in [0.05, 0.1) is 12.3 Å². The molecule has 6 nitrogen and oxygen atoms in total. The van der Waals surface area contributed by atoms with Gasteiger partial charge in [-0.3, -0.25) is 19.3 Å². The van der Waals surface area contributed by atoms with Crippen molar-refractivity contribution in [1.29, 1.82) is 0 Å². The number of rotatable bonds is 8. The lowest BCUT2D eigenvalue weighted by atomic mass is 10.1. The number of amides is 3. The van der Waals surface area contributed by atoms with Gasteiger partial charge >= 0.3 is 0 Å². The maximum absolute atomic E-state index is 12.4. The number of piperidine rings is 1. The largest absolute Gasteiger partial charge is 0.494 e. The Labute approximate surface area is 170 Å². The third-order valence-electron chi connectivity index (χ3n) is 4.80. The average molecular weight is 394 g/mol. The number of benzene rings is 2. The first-order chi connectivity index (χ1) is 14.1. The Morgan fingerprint density at radius 3 is 2.24 bits per heavy atom. The summed E-state index contributed by atoms with van der Waals surface area (Å²) in [6.07, 6.45) is 4.66. The summed E-state index contributed by atoms with van der Waals surface area (Å²) in [5, 5.41) is 2.82. The summed E-state index contributed by atoms with van der Waals surface area (Å²) in [6.45, 7) is 2.82. The summed E-state index contributed by atoms with van der Waals surface area (Å²) in [7, 11) is 0. The predicted molar refractivity (Wildman–Crippen MR) is 112 cm³/mol. The zero-order chi connectivity index (χ0) is 20.6. The first-order valence-corrected chi connectivity index (χ1v) is 10.1. The fourth-order valence-corrected chi connectivity index (χ4v) is 3.18. The van der Waals surface area contributed by atoms with E-state index in [1.807, 2.05) is 0 Å². The molecule has 0 saturated carbocycles. The summed E-state index contributed by atoms with van der Waals surface area (Å²) in [6, 6.07) is 13.7. The Kier molecular flexibility index (Phi) is 7.00. The number of unbranched alkanes of at least 4 members (excludes halogenated alkanes) is 2. The van der Waals surface area contributed by atoms with E-state index < -0.39 is 0 Å². The van der Waals surface area contributed by atoms with E-state index in [0.29, 0.717) is 42.8 Å². The van der Waals surface area contributed by atoms with Gasteiger partial charge in [-0.15, -0.1) is 0 Å². The zero-order valence-electron chi connectivity index (χ0n) is 16.6. The quantitative estimate of drug-likeness (QED) is 0.526. The highest BCUT2D eigenvalue weighted by molar-refractivity contribution is 6.16. The minimum absolute atomic E-state index is 0.185. The molecule has 6 heteroatoms. The van der Waals surface area contributed by atoms with Gasteiger partial charge in [0, 0.05) is 24.1 Å². The molecule has 1 fully saturated rings. The molecule has 0 spiro atoms. The van der Waals surface area contributed by atoms with Crippen molar-refractivity contribution in [3.63, 3.8) is 0 Å². The fourth-order valence-electron chi connectivity index (χ4n) is 3.18. The second-order valence-electron chi connectivity index (χ2n) is 7.06. The van der Waals surface area contributed by atoms with Crippen LogP contribution in [0.1, 0.15) is 55.8 Å². The Hall–Kier alpha value is -3.15. The van der Waals surface area contributed by atoms with Gasteiger partial charge in [0.2, 0.25) is 11.8 Å². The van der Waals surface area contributed by atoms with Crippen LogP contribution in [-0.2, 0) is 9.59 Å². The molecule has 2 aromatic rings. The smallest absolute Gasteiger partial charge is 0.255 e. The molecule has 29 heavy (non-hydrogen) atoms. The monoisotopic (exact) mass is 394 g/mol. The summed E-state index contributed by atoms with van der Waals surface area (Å²) < 4.78 is 5.66. The van der Waals surface area contributed by atoms with Gasteiger partial charge in [-0.05, 0) is 61.4 Å². The molecule has 0 aromatic heterocycles. The minimum atomic E-state index is -0.236. The first kappa shape index (κ1) is 20.6. The molecule has 1 aliphatic heterocycles. The average Bonchev–Trinajstić information content (AvgIpc) is 2.73. The lowest BCUT2D eigenvalue weighted by Crippen LogP contribution is -2.40. The van der Waals surface area contributed by atoms with Crippen molar-refractivity contribution >= 4 is 29.1 Å². The Morgan fingerprint density at radius 1 is 0.966 bits per heavy atom. The van der Waals surface area contributed by atoms with Crippen molar-refractivity contribution in [2.45, 2.75) is 45.4 Å². The number of hydrogen-bond acceptors (Lipinski definition) is 4. The van der Waals surface area contributed by atoms with Crippen LogP contribution in [-0.4, -0.2) is 24.3 Å². The maximum atomic E-state index is 12.4. The van der Waals surface area contributed by atoms with Crippen molar-refractivity contribution in [2.75, 3.05) is 16.8 Å². The number of carbonyl (C=O) groups excluding carboxylic acids is 3. The standard InChI is InChI=1S/C23H26N2O4/c1-2-3-4-16-29-20-14-8-17(9-15-20)23(28)24-18-10-12-19(13-11-18)25-21(26)6-5-7-22(25)27/h8-15H,2-7,16H2,1H3,(H,24,28). The number of hydrogen-bond donors (Lipinski definition) is 1. The molecule has 152 valence electrons. The van der Waals surface area contributed by atoms with E-state index in [-0.39, 0.29) is 17.7 Å². The third-order valence-corrected chi connectivity index (χ3v) is 4.80. The molecule has 0 unspecified atom stereocenters. The highest BCUT2D eigenvalue weighted by Gasteiger charge is 2.27. The van der Waals surface area contributed by atoms with Gasteiger partial charge in [-0.2, -0.15) is 0 Å². The van der Waals surface area contributed by atoms with Gasteiger partial charge in [-0.25, -0.2) is 0 Å². The maximum Gasteiger partial charge on any atom is 0.255 e. The van der Waals surface area contributed by atoms with E-state index in [2.05, 4.69) is 12.2 Å². The Balaban J connectivity index is 1.57. The number of anilines is 2. The first-order valence-electron chi connectivity index (χ1n) is 10.1. The molecular weight excluding hydrogens is 368 g/mol. The molecule has 1 heterocycles. The molecule has 1 N–H and O–H groups in total. The predicted octanol–water partition coefficient (Wildman–Crippen LogP) is 4.55. The molecule has 0 atom stereocenters. The Bertz CT molecular complexity index is 843. The molecule has 2 aromatic carbocycles. The van der Waals surface area contributed by atoms with Crippen LogP contribution < -0.4 is 15.0 Å². The van der Waals surface area contributed by atoms with Gasteiger partial charge < -0.3 is 10.1 Å². The van der Waals surface area contributed by atoms with Crippen LogP contribution in [0, 0.1) is 0 Å². The summed E-state index contributed by atoms with van der Waals surface area (Å²) in [4.78, 5) is 37.7. The number of nitrogens with zero attached hydrogens (tertiary/aromatic N) is 1. The summed E-state index contributed by atoms with van der Waals surface area (Å²) in [5.41, 5.74) is 1.65. The van der Waals surface area contributed by atoms with Gasteiger partial charge in [0.15, 0.2) is 0 Å². The number of imide groups is 1. The van der Waals surface area contributed by atoms with Crippen molar-refractivity contribution in [1.82, 2.24) is 0 Å². The van der Waals surface area contributed by atoms with E-state index in [4.69, 9.17) is 4.74 Å². The third kappa shape index (κ3) is 5.44. The molecule has 0 bridgehead atoms. The van der Waals surface area contributed by atoms with E-state index >= 15 is 0 Å². The fraction of sp³-hybridized carbons (Fsp3) is 0.348. The molecule has 1 aliphatic rings. The molecular formula is C23H26N2O4. The van der Waals surface area contributed by atoms with Crippen LogP contribution in [0.4, 0.5) is 11.4 Å². The lowest BCUT2D eigenvalue weighted by Gasteiger charge is -2.24. The van der Waals surface area contributed by atoms with Gasteiger partial charge in [0.25, 0.3) is 5.91 Å². The molecule has 0 aliphatic carbocycles. The summed E-state index contributed by atoms with van der Waals surface area (Å²) >= 11 is 0. The Morgan fingerprint density at radius 2 is 1.62 bits per heavy atom. The zero-order valence-corrected chi connectivity index (χ0v) is 16.6. The molecule has 1 saturated heterocycles. The van der Waals surface area contributed by atoms with Crippen molar-refractivity contribution in [3.05, 3.63) is 54.1 Å². The topological polar surface area (TPSA) is 75.7 Å². The van der Waals surface area contributed by atoms with Crippen LogP contribution >= 0.6 is 0 Å². The molecule has 3 amide bonds. The van der Waals surface area contributed by atoms with Crippen molar-refractivity contribution in [2.24, 2.45) is 0 Å². The van der Waals surface area contributed by atoms with Crippen LogP contribution in [0.25, 0.3) is 0 Å². The molecule has 3 rings (SSSR count). The number of nitrogens with one attached hydrogen (secondary N) is 1. The second kappa shape index (κ2) is 9.87. The molecule has 0 radical (unpaired) electrons. The summed E-state index contributed by atoms with van der Waals surface area (Å²) in [5.74, 6) is 0.142. The number of carbonyl (C=O) groups is 3. The number of ether oxygens (including phenoxy) is 1. The SMILES string of the molecule is CCCCCOc1ccc(C(=O)Nc2ccc(N3C(=O)CCCC3=O)cc2)cc1. The lowest BCUT2D eigenvalue weighted by molar-refractivity contribution is -0.129. The van der Waals surface area contributed by atoms with E-state index in [0.717, 1.165) is 25.0 Å². The minimum Gasteiger partial charge on any atom is -0.494 e. The van der Waals surface area contributed by atoms with E-state index in [9.17, 15) is 14.4 Å². The van der Waals surface area contributed by atoms with Crippen molar-refractivity contribution < 1.29 is 19.1 Å².